The first-order valence-electron chi connectivity index (χ1n) is 7.93. The fourth-order valence-electron chi connectivity index (χ4n) is 3.26. The maximum Gasteiger partial charge on any atom is 0.125 e. The molecule has 0 unspecified atom stereocenters. The van der Waals surface area contributed by atoms with E-state index >= 15 is 0 Å². The Kier molecular flexibility index (Phi) is 5.52. The maximum atomic E-state index is 5.71. The second-order valence-electron chi connectivity index (χ2n) is 6.18. The van der Waals surface area contributed by atoms with E-state index in [1.165, 1.54) is 49.3 Å². The molecule has 1 aromatic carbocycles. The molecule has 3 heteroatoms. The van der Waals surface area contributed by atoms with Crippen LogP contribution in [0.1, 0.15) is 50.0 Å². The van der Waals surface area contributed by atoms with Crippen LogP contribution in [0.15, 0.2) is 12.1 Å². The van der Waals surface area contributed by atoms with Crippen molar-refractivity contribution >= 4 is 14.0 Å². The van der Waals surface area contributed by atoms with Gasteiger partial charge in [0.2, 0.25) is 0 Å². The molecule has 0 saturated heterocycles. The lowest BCUT2D eigenvalue weighted by atomic mass is 9.90. The Bertz CT molecular complexity index is 410. The zero-order chi connectivity index (χ0) is 14.5. The third-order valence-electron chi connectivity index (χ3n) is 4.50. The fraction of sp³-hybridized carbons (Fsp3) is 0.647. The van der Waals surface area contributed by atoms with E-state index in [-0.39, 0.29) is 0 Å². The average molecular weight is 292 g/mol. The first-order valence-corrected chi connectivity index (χ1v) is 10.8. The molecule has 112 valence electrons. The van der Waals surface area contributed by atoms with E-state index in [1.54, 1.807) is 14.2 Å². The summed E-state index contributed by atoms with van der Waals surface area (Å²) in [4.78, 5) is 0. The van der Waals surface area contributed by atoms with Gasteiger partial charge in [-0.25, -0.2) is 0 Å². The molecule has 1 aromatic rings. The summed E-state index contributed by atoms with van der Waals surface area (Å²) < 4.78 is 11.4. The Morgan fingerprint density at radius 2 is 1.40 bits per heavy atom. The Morgan fingerprint density at radius 3 is 1.80 bits per heavy atom. The lowest BCUT2D eigenvalue weighted by Gasteiger charge is -2.22. The second kappa shape index (κ2) is 7.16. The number of benzene rings is 1. The molecule has 0 amide bonds. The van der Waals surface area contributed by atoms with Gasteiger partial charge in [0.1, 0.15) is 11.5 Å². The summed E-state index contributed by atoms with van der Waals surface area (Å²) in [6.07, 6.45) is 7.95. The second-order valence-corrected chi connectivity index (χ2v) is 9.16. The van der Waals surface area contributed by atoms with Crippen LogP contribution < -0.4 is 14.7 Å². The van der Waals surface area contributed by atoms with E-state index in [2.05, 4.69) is 25.2 Å². The van der Waals surface area contributed by atoms with Crippen molar-refractivity contribution in [2.75, 3.05) is 14.2 Å². The SMILES string of the molecule is COc1cc([SiH](C)C)cc(OC)c1C1CCCCCC1. The van der Waals surface area contributed by atoms with Crippen LogP contribution in [-0.2, 0) is 0 Å². The maximum absolute atomic E-state index is 5.71. The predicted octanol–water partition coefficient (Wildman–Crippen LogP) is 3.84. The van der Waals surface area contributed by atoms with Gasteiger partial charge in [-0.1, -0.05) is 44.0 Å². The molecule has 0 heterocycles. The van der Waals surface area contributed by atoms with Gasteiger partial charge in [-0.05, 0) is 30.9 Å². The minimum Gasteiger partial charge on any atom is -0.496 e. The van der Waals surface area contributed by atoms with Crippen molar-refractivity contribution in [3.05, 3.63) is 17.7 Å². The normalized spacial score (nSPS) is 17.1. The topological polar surface area (TPSA) is 18.5 Å². The van der Waals surface area contributed by atoms with Crippen LogP contribution in [0.2, 0.25) is 13.1 Å². The molecule has 20 heavy (non-hydrogen) atoms. The number of rotatable bonds is 4. The smallest absolute Gasteiger partial charge is 0.125 e. The summed E-state index contributed by atoms with van der Waals surface area (Å²) in [7, 11) is 2.74. The van der Waals surface area contributed by atoms with Crippen molar-refractivity contribution in [1.82, 2.24) is 0 Å². The molecule has 0 bridgehead atoms. The van der Waals surface area contributed by atoms with Crippen molar-refractivity contribution in [2.45, 2.75) is 57.5 Å². The minimum atomic E-state index is -0.845. The highest BCUT2D eigenvalue weighted by atomic mass is 28.3. The van der Waals surface area contributed by atoms with Crippen LogP contribution in [0.5, 0.6) is 11.5 Å². The highest BCUT2D eigenvalue weighted by Gasteiger charge is 2.23. The Hall–Kier alpha value is -0.963. The van der Waals surface area contributed by atoms with E-state index in [4.69, 9.17) is 9.47 Å². The monoisotopic (exact) mass is 292 g/mol. The molecular weight excluding hydrogens is 264 g/mol. The number of hydrogen-bond donors (Lipinski definition) is 0. The van der Waals surface area contributed by atoms with Crippen LogP contribution in [0.3, 0.4) is 0 Å². The zero-order valence-electron chi connectivity index (χ0n) is 13.4. The predicted molar refractivity (Wildman–Crippen MR) is 88.5 cm³/mol. The standard InChI is InChI=1S/C17H28O2Si/c1-18-15-11-14(20(3)4)12-16(19-2)17(15)13-9-7-5-6-8-10-13/h11-13,20H,5-10H2,1-4H3. The van der Waals surface area contributed by atoms with E-state index in [0.717, 1.165) is 11.5 Å². The van der Waals surface area contributed by atoms with Gasteiger partial charge < -0.3 is 9.47 Å². The largest absolute Gasteiger partial charge is 0.496 e. The number of hydrogen-bond acceptors (Lipinski definition) is 2. The van der Waals surface area contributed by atoms with Crippen LogP contribution in [0.4, 0.5) is 0 Å². The first kappa shape index (κ1) is 15.4. The summed E-state index contributed by atoms with van der Waals surface area (Å²) in [6, 6.07) is 4.53. The summed E-state index contributed by atoms with van der Waals surface area (Å²) in [5.41, 5.74) is 1.32. The molecule has 1 aliphatic rings. The van der Waals surface area contributed by atoms with Crippen molar-refractivity contribution < 1.29 is 9.47 Å². The summed E-state index contributed by atoms with van der Waals surface area (Å²) in [6.45, 7) is 4.69. The van der Waals surface area contributed by atoms with E-state index in [0.29, 0.717) is 5.92 Å². The van der Waals surface area contributed by atoms with Crippen molar-refractivity contribution in [1.29, 1.82) is 0 Å². The minimum absolute atomic E-state index is 0.602. The third kappa shape index (κ3) is 3.37. The molecule has 0 aliphatic heterocycles. The van der Waals surface area contributed by atoms with Gasteiger partial charge in [0, 0.05) is 5.56 Å². The molecule has 0 N–H and O–H groups in total. The van der Waals surface area contributed by atoms with Crippen LogP contribution in [0.25, 0.3) is 0 Å². The van der Waals surface area contributed by atoms with Gasteiger partial charge in [0.15, 0.2) is 0 Å². The lowest BCUT2D eigenvalue weighted by molar-refractivity contribution is 0.375. The molecule has 2 rings (SSSR count). The van der Waals surface area contributed by atoms with Crippen molar-refractivity contribution in [2.24, 2.45) is 0 Å². The molecule has 0 spiro atoms. The van der Waals surface area contributed by atoms with Crippen molar-refractivity contribution in [3.63, 3.8) is 0 Å². The van der Waals surface area contributed by atoms with E-state index < -0.39 is 8.80 Å². The molecule has 1 aliphatic carbocycles. The highest BCUT2D eigenvalue weighted by molar-refractivity contribution is 6.70. The van der Waals surface area contributed by atoms with E-state index in [9.17, 15) is 0 Å². The fourth-order valence-corrected chi connectivity index (χ4v) is 4.23. The molecule has 1 saturated carbocycles. The first-order chi connectivity index (χ1) is 9.67. The van der Waals surface area contributed by atoms with Gasteiger partial charge >= 0.3 is 0 Å². The molecule has 0 radical (unpaired) electrons. The molecular formula is C17H28O2Si. The van der Waals surface area contributed by atoms with Gasteiger partial charge in [-0.3, -0.25) is 0 Å². The Morgan fingerprint density at radius 1 is 0.900 bits per heavy atom. The van der Waals surface area contributed by atoms with Gasteiger partial charge in [0.05, 0.1) is 23.0 Å². The van der Waals surface area contributed by atoms with Gasteiger partial charge in [0.25, 0.3) is 0 Å². The summed E-state index contributed by atoms with van der Waals surface area (Å²) >= 11 is 0. The van der Waals surface area contributed by atoms with Crippen LogP contribution in [0, 0.1) is 0 Å². The number of ether oxygens (including phenoxy) is 2. The summed E-state index contributed by atoms with van der Waals surface area (Å²) in [5, 5.41) is 1.43. The number of methoxy groups -OCH3 is 2. The Labute approximate surface area is 125 Å². The third-order valence-corrected chi connectivity index (χ3v) is 6.16. The summed E-state index contributed by atoms with van der Waals surface area (Å²) in [5.74, 6) is 2.70. The van der Waals surface area contributed by atoms with Gasteiger partial charge in [-0.15, -0.1) is 0 Å². The Balaban J connectivity index is 2.43. The molecule has 1 fully saturated rings. The average Bonchev–Trinajstić information content (AvgIpc) is 2.74. The van der Waals surface area contributed by atoms with Crippen LogP contribution in [-0.4, -0.2) is 23.0 Å². The lowest BCUT2D eigenvalue weighted by Crippen LogP contribution is -2.23. The molecule has 2 nitrogen and oxygen atoms in total. The van der Waals surface area contributed by atoms with E-state index in [1.807, 2.05) is 0 Å². The molecule has 0 atom stereocenters. The zero-order valence-corrected chi connectivity index (χ0v) is 14.5. The quantitative estimate of drug-likeness (QED) is 0.620. The van der Waals surface area contributed by atoms with Gasteiger partial charge in [-0.2, -0.15) is 0 Å². The molecule has 0 aromatic heterocycles. The highest BCUT2D eigenvalue weighted by Crippen LogP contribution is 2.41. The van der Waals surface area contributed by atoms with Crippen molar-refractivity contribution in [3.8, 4) is 11.5 Å². The van der Waals surface area contributed by atoms with Crippen LogP contribution >= 0.6 is 0 Å².